The third kappa shape index (κ3) is 2.93. The summed E-state index contributed by atoms with van der Waals surface area (Å²) < 4.78 is 0. The number of fused-ring (bicyclic) bond motifs is 1. The van der Waals surface area contributed by atoms with Crippen molar-refractivity contribution in [1.29, 1.82) is 0 Å². The minimum atomic E-state index is 0.225. The molecule has 2 aliphatic rings. The highest BCUT2D eigenvalue weighted by molar-refractivity contribution is 7.10. The van der Waals surface area contributed by atoms with Crippen molar-refractivity contribution in [2.75, 3.05) is 31.1 Å². The van der Waals surface area contributed by atoms with Crippen molar-refractivity contribution in [3.63, 3.8) is 0 Å². The molecule has 1 aliphatic heterocycles. The molecule has 0 aromatic carbocycles. The number of thiophene rings is 1. The number of amides is 1. The van der Waals surface area contributed by atoms with Crippen LogP contribution in [0, 0.1) is 5.92 Å². The fourth-order valence-corrected chi connectivity index (χ4v) is 4.94. The number of nitrogens with zero attached hydrogens (tertiary/aromatic N) is 3. The van der Waals surface area contributed by atoms with Gasteiger partial charge in [0.2, 0.25) is 0 Å². The highest BCUT2D eigenvalue weighted by atomic mass is 32.1. The van der Waals surface area contributed by atoms with Gasteiger partial charge in [0.25, 0.3) is 5.91 Å². The van der Waals surface area contributed by atoms with Crippen LogP contribution in [-0.4, -0.2) is 42.0 Å². The van der Waals surface area contributed by atoms with Crippen LogP contribution in [0.25, 0.3) is 0 Å². The minimum Gasteiger partial charge on any atom is -0.353 e. The van der Waals surface area contributed by atoms with Gasteiger partial charge in [-0.1, -0.05) is 13.0 Å². The summed E-state index contributed by atoms with van der Waals surface area (Å²) in [4.78, 5) is 23.1. The van der Waals surface area contributed by atoms with Crippen LogP contribution in [0.4, 0.5) is 5.82 Å². The zero-order valence-electron chi connectivity index (χ0n) is 14.1. The Morgan fingerprint density at radius 3 is 2.83 bits per heavy atom. The number of rotatable bonds is 2. The van der Waals surface area contributed by atoms with E-state index in [0.29, 0.717) is 0 Å². The molecule has 24 heavy (non-hydrogen) atoms. The van der Waals surface area contributed by atoms with E-state index in [-0.39, 0.29) is 5.91 Å². The Morgan fingerprint density at radius 1 is 1.25 bits per heavy atom. The number of hydrogen-bond acceptors (Lipinski definition) is 4. The summed E-state index contributed by atoms with van der Waals surface area (Å²) in [6, 6.07) is 5.98. The Bertz CT molecular complexity index is 719. The normalized spacial score (nSPS) is 20.8. The number of carbonyl (C=O) groups excluding carboxylic acids is 1. The van der Waals surface area contributed by atoms with Crippen LogP contribution < -0.4 is 4.90 Å². The molecular formula is C19H23N3OS. The molecule has 4 rings (SSSR count). The second kappa shape index (κ2) is 6.55. The summed E-state index contributed by atoms with van der Waals surface area (Å²) in [6.45, 7) is 5.56. The summed E-state index contributed by atoms with van der Waals surface area (Å²) in [5.74, 6) is 1.98. The second-order valence-electron chi connectivity index (χ2n) is 6.87. The number of carbonyl (C=O) groups is 1. The van der Waals surface area contributed by atoms with Crippen LogP contribution in [0.5, 0.6) is 0 Å². The van der Waals surface area contributed by atoms with E-state index in [9.17, 15) is 4.79 Å². The predicted octanol–water partition coefficient (Wildman–Crippen LogP) is 3.23. The Kier molecular flexibility index (Phi) is 4.27. The summed E-state index contributed by atoms with van der Waals surface area (Å²) in [7, 11) is 0. The molecule has 1 aliphatic carbocycles. The summed E-state index contributed by atoms with van der Waals surface area (Å²) in [6.07, 6.45) is 5.23. The van der Waals surface area contributed by atoms with E-state index in [1.54, 1.807) is 11.3 Å². The van der Waals surface area contributed by atoms with Crippen molar-refractivity contribution in [2.45, 2.75) is 26.2 Å². The highest BCUT2D eigenvalue weighted by Gasteiger charge is 2.28. The van der Waals surface area contributed by atoms with Crippen LogP contribution in [0.15, 0.2) is 29.8 Å². The van der Waals surface area contributed by atoms with Gasteiger partial charge in [-0.15, -0.1) is 11.3 Å². The molecule has 1 atom stereocenters. The predicted molar refractivity (Wildman–Crippen MR) is 97.9 cm³/mol. The lowest BCUT2D eigenvalue weighted by Crippen LogP contribution is -2.49. The van der Waals surface area contributed by atoms with E-state index >= 15 is 0 Å². The molecule has 4 nitrogen and oxygen atoms in total. The molecule has 0 N–H and O–H groups in total. The van der Waals surface area contributed by atoms with Gasteiger partial charge >= 0.3 is 0 Å². The van der Waals surface area contributed by atoms with E-state index in [4.69, 9.17) is 0 Å². The first-order valence-electron chi connectivity index (χ1n) is 8.77. The molecule has 0 saturated carbocycles. The van der Waals surface area contributed by atoms with Crippen LogP contribution in [0.1, 0.15) is 34.1 Å². The van der Waals surface area contributed by atoms with Gasteiger partial charge in [-0.3, -0.25) is 4.79 Å². The van der Waals surface area contributed by atoms with Gasteiger partial charge in [-0.2, -0.15) is 0 Å². The van der Waals surface area contributed by atoms with Crippen molar-refractivity contribution in [3.8, 4) is 0 Å². The smallest absolute Gasteiger partial charge is 0.255 e. The van der Waals surface area contributed by atoms with E-state index in [2.05, 4.69) is 22.2 Å². The van der Waals surface area contributed by atoms with Gasteiger partial charge in [0, 0.05) is 42.6 Å². The molecule has 2 aromatic heterocycles. The molecule has 5 heteroatoms. The van der Waals surface area contributed by atoms with Crippen molar-refractivity contribution < 1.29 is 4.79 Å². The van der Waals surface area contributed by atoms with Gasteiger partial charge in [-0.05, 0) is 42.9 Å². The Balaban J connectivity index is 1.44. The van der Waals surface area contributed by atoms with E-state index in [1.807, 2.05) is 29.3 Å². The lowest BCUT2D eigenvalue weighted by molar-refractivity contribution is 0.0745. The topological polar surface area (TPSA) is 36.4 Å². The van der Waals surface area contributed by atoms with E-state index < -0.39 is 0 Å². The standard InChI is InChI=1S/C19H23N3OS/c1-14-5-6-15-16(13-24-17(15)12-14)19(23)22-10-8-21(9-11-22)18-4-2-3-7-20-18/h2-4,7,13-14H,5-6,8-12H2,1H3. The molecule has 3 heterocycles. The lowest BCUT2D eigenvalue weighted by atomic mass is 9.88. The zero-order chi connectivity index (χ0) is 16.5. The summed E-state index contributed by atoms with van der Waals surface area (Å²) in [5, 5.41) is 2.09. The maximum atomic E-state index is 13.0. The molecule has 2 aromatic rings. The highest BCUT2D eigenvalue weighted by Crippen LogP contribution is 2.33. The van der Waals surface area contributed by atoms with Gasteiger partial charge in [0.05, 0.1) is 5.56 Å². The van der Waals surface area contributed by atoms with Gasteiger partial charge in [0.15, 0.2) is 0 Å². The van der Waals surface area contributed by atoms with Crippen LogP contribution >= 0.6 is 11.3 Å². The van der Waals surface area contributed by atoms with E-state index in [0.717, 1.165) is 56.3 Å². The average molecular weight is 341 g/mol. The number of anilines is 1. The third-order valence-electron chi connectivity index (χ3n) is 5.17. The lowest BCUT2D eigenvalue weighted by Gasteiger charge is -2.35. The Morgan fingerprint density at radius 2 is 2.08 bits per heavy atom. The fraction of sp³-hybridized carbons (Fsp3) is 0.474. The molecule has 1 unspecified atom stereocenters. The molecular weight excluding hydrogens is 318 g/mol. The monoisotopic (exact) mass is 341 g/mol. The Hall–Kier alpha value is -1.88. The fourth-order valence-electron chi connectivity index (χ4n) is 3.71. The molecule has 1 amide bonds. The maximum Gasteiger partial charge on any atom is 0.255 e. The number of piperazine rings is 1. The van der Waals surface area contributed by atoms with Gasteiger partial charge in [-0.25, -0.2) is 4.98 Å². The maximum absolute atomic E-state index is 13.0. The SMILES string of the molecule is CC1CCc2c(C(=O)N3CCN(c4ccccn4)CC3)csc2C1. The van der Waals surface area contributed by atoms with Crippen molar-refractivity contribution >= 4 is 23.1 Å². The van der Waals surface area contributed by atoms with E-state index in [1.165, 1.54) is 16.9 Å². The molecule has 0 radical (unpaired) electrons. The van der Waals surface area contributed by atoms with Crippen LogP contribution in [-0.2, 0) is 12.8 Å². The molecule has 1 fully saturated rings. The number of pyridine rings is 1. The zero-order valence-corrected chi connectivity index (χ0v) is 14.9. The quantitative estimate of drug-likeness (QED) is 0.841. The third-order valence-corrected chi connectivity index (χ3v) is 6.22. The molecule has 0 spiro atoms. The van der Waals surface area contributed by atoms with Crippen molar-refractivity contribution in [3.05, 3.63) is 45.8 Å². The molecule has 1 saturated heterocycles. The largest absolute Gasteiger partial charge is 0.353 e. The summed E-state index contributed by atoms with van der Waals surface area (Å²) >= 11 is 1.78. The number of aromatic nitrogens is 1. The first-order valence-corrected chi connectivity index (χ1v) is 9.65. The van der Waals surface area contributed by atoms with Crippen molar-refractivity contribution in [1.82, 2.24) is 9.88 Å². The number of hydrogen-bond donors (Lipinski definition) is 0. The van der Waals surface area contributed by atoms with Crippen LogP contribution in [0.2, 0.25) is 0 Å². The van der Waals surface area contributed by atoms with Crippen molar-refractivity contribution in [2.24, 2.45) is 5.92 Å². The van der Waals surface area contributed by atoms with Gasteiger partial charge < -0.3 is 9.80 Å². The summed E-state index contributed by atoms with van der Waals surface area (Å²) in [5.41, 5.74) is 2.29. The van der Waals surface area contributed by atoms with Crippen LogP contribution in [0.3, 0.4) is 0 Å². The average Bonchev–Trinajstić information content (AvgIpc) is 3.05. The second-order valence-corrected chi connectivity index (χ2v) is 7.83. The first-order chi connectivity index (χ1) is 11.7. The minimum absolute atomic E-state index is 0.225. The first kappa shape index (κ1) is 15.6. The molecule has 0 bridgehead atoms. The van der Waals surface area contributed by atoms with Gasteiger partial charge in [0.1, 0.15) is 5.82 Å². The Labute approximate surface area is 147 Å². The molecule has 126 valence electrons.